The molecule has 7 heteroatoms. The molecular weight excluding hydrogens is 329 g/mol. The Bertz CT molecular complexity index is 967. The zero-order valence-corrected chi connectivity index (χ0v) is 13.7. The third-order valence-corrected chi connectivity index (χ3v) is 4.13. The first-order valence-corrected chi connectivity index (χ1v) is 7.54. The van der Waals surface area contributed by atoms with Crippen LogP contribution in [0.25, 0.3) is 11.0 Å². The van der Waals surface area contributed by atoms with Crippen LogP contribution in [-0.4, -0.2) is 16.6 Å². The van der Waals surface area contributed by atoms with Crippen LogP contribution in [0, 0.1) is 11.3 Å². The normalized spacial score (nSPS) is 11.5. The van der Waals surface area contributed by atoms with E-state index in [2.05, 4.69) is 4.98 Å². The first-order chi connectivity index (χ1) is 11.8. The third-order valence-electron chi connectivity index (χ3n) is 4.13. The van der Waals surface area contributed by atoms with Gasteiger partial charge in [0.2, 0.25) is 0 Å². The standard InChI is InChI=1S/C18H15F3N4/c1-24(11-17-23-15-5-3-4-6-16(15)25(17)2)13-8-7-12(10-22)14(9-13)18(19,20)21/h3-9H,11H2,1-2H3. The lowest BCUT2D eigenvalue weighted by molar-refractivity contribution is -0.137. The lowest BCUT2D eigenvalue weighted by Crippen LogP contribution is -2.20. The van der Waals surface area contributed by atoms with Crippen LogP contribution in [0.3, 0.4) is 0 Å². The number of nitriles is 1. The average molecular weight is 344 g/mol. The van der Waals surface area contributed by atoms with E-state index in [-0.39, 0.29) is 5.56 Å². The fourth-order valence-corrected chi connectivity index (χ4v) is 2.74. The number of fused-ring (bicyclic) bond motifs is 1. The minimum Gasteiger partial charge on any atom is -0.367 e. The van der Waals surface area contributed by atoms with Gasteiger partial charge in [0.05, 0.1) is 34.8 Å². The number of imidazole rings is 1. The van der Waals surface area contributed by atoms with Crippen molar-refractivity contribution in [2.24, 2.45) is 7.05 Å². The van der Waals surface area contributed by atoms with Gasteiger partial charge >= 0.3 is 6.18 Å². The van der Waals surface area contributed by atoms with Crippen molar-refractivity contribution in [3.05, 3.63) is 59.4 Å². The van der Waals surface area contributed by atoms with Crippen molar-refractivity contribution in [3.63, 3.8) is 0 Å². The predicted molar refractivity (Wildman–Crippen MR) is 89.0 cm³/mol. The summed E-state index contributed by atoms with van der Waals surface area (Å²) >= 11 is 0. The Hall–Kier alpha value is -3.01. The highest BCUT2D eigenvalue weighted by molar-refractivity contribution is 5.75. The molecule has 0 saturated carbocycles. The van der Waals surface area contributed by atoms with E-state index in [1.807, 2.05) is 35.9 Å². The molecule has 1 aromatic heterocycles. The summed E-state index contributed by atoms with van der Waals surface area (Å²) in [6.07, 6.45) is -4.57. The highest BCUT2D eigenvalue weighted by Crippen LogP contribution is 2.34. The molecule has 0 unspecified atom stereocenters. The van der Waals surface area contributed by atoms with Gasteiger partial charge in [0, 0.05) is 19.8 Å². The van der Waals surface area contributed by atoms with Crippen molar-refractivity contribution >= 4 is 16.7 Å². The number of aryl methyl sites for hydroxylation is 1. The van der Waals surface area contributed by atoms with Crippen molar-refractivity contribution in [1.29, 1.82) is 5.26 Å². The van der Waals surface area contributed by atoms with Gasteiger partial charge in [-0.3, -0.25) is 0 Å². The van der Waals surface area contributed by atoms with Crippen LogP contribution >= 0.6 is 0 Å². The largest absolute Gasteiger partial charge is 0.417 e. The zero-order chi connectivity index (χ0) is 18.2. The average Bonchev–Trinajstić information content (AvgIpc) is 2.89. The number of alkyl halides is 3. The molecule has 0 fully saturated rings. The summed E-state index contributed by atoms with van der Waals surface area (Å²) in [6.45, 7) is 0.342. The SMILES string of the molecule is CN(Cc1nc2ccccc2n1C)c1ccc(C#N)c(C(F)(F)F)c1. The molecule has 128 valence electrons. The fourth-order valence-electron chi connectivity index (χ4n) is 2.74. The molecule has 0 atom stereocenters. The molecule has 0 saturated heterocycles. The van der Waals surface area contributed by atoms with Crippen molar-refractivity contribution in [3.8, 4) is 6.07 Å². The van der Waals surface area contributed by atoms with E-state index in [0.717, 1.165) is 22.9 Å². The van der Waals surface area contributed by atoms with Gasteiger partial charge in [-0.15, -0.1) is 0 Å². The first-order valence-electron chi connectivity index (χ1n) is 7.54. The number of benzene rings is 2. The van der Waals surface area contributed by atoms with E-state index >= 15 is 0 Å². The smallest absolute Gasteiger partial charge is 0.367 e. The number of rotatable bonds is 3. The monoisotopic (exact) mass is 344 g/mol. The molecule has 25 heavy (non-hydrogen) atoms. The van der Waals surface area contributed by atoms with Crippen LogP contribution < -0.4 is 4.90 Å². The topological polar surface area (TPSA) is 44.9 Å². The summed E-state index contributed by atoms with van der Waals surface area (Å²) in [4.78, 5) is 6.21. The van der Waals surface area contributed by atoms with Gasteiger partial charge in [-0.1, -0.05) is 12.1 Å². The maximum Gasteiger partial charge on any atom is 0.417 e. The number of aromatic nitrogens is 2. The van der Waals surface area contributed by atoms with Crippen molar-refractivity contribution < 1.29 is 13.2 Å². The van der Waals surface area contributed by atoms with Crippen LogP contribution in [0.1, 0.15) is 17.0 Å². The Morgan fingerprint density at radius 3 is 2.56 bits per heavy atom. The van der Waals surface area contributed by atoms with Crippen LogP contribution in [0.5, 0.6) is 0 Å². The Morgan fingerprint density at radius 2 is 1.92 bits per heavy atom. The maximum absolute atomic E-state index is 13.1. The Morgan fingerprint density at radius 1 is 1.20 bits per heavy atom. The highest BCUT2D eigenvalue weighted by atomic mass is 19.4. The molecule has 2 aromatic carbocycles. The van der Waals surface area contributed by atoms with E-state index < -0.39 is 11.7 Å². The molecule has 0 spiro atoms. The number of anilines is 1. The summed E-state index contributed by atoms with van der Waals surface area (Å²) in [6, 6.07) is 12.9. The minimum absolute atomic E-state index is 0.342. The maximum atomic E-state index is 13.1. The Balaban J connectivity index is 1.94. The fraction of sp³-hybridized carbons (Fsp3) is 0.222. The summed E-state index contributed by atoms with van der Waals surface area (Å²) < 4.78 is 41.3. The van der Waals surface area contributed by atoms with Crippen molar-refractivity contribution in [2.45, 2.75) is 12.7 Å². The Labute approximate surface area is 142 Å². The lowest BCUT2D eigenvalue weighted by Gasteiger charge is -2.21. The summed E-state index contributed by atoms with van der Waals surface area (Å²) in [5, 5.41) is 8.89. The summed E-state index contributed by atoms with van der Waals surface area (Å²) in [5.74, 6) is 0.738. The van der Waals surface area contributed by atoms with Gasteiger partial charge in [0.15, 0.2) is 0 Å². The zero-order valence-electron chi connectivity index (χ0n) is 13.7. The Kier molecular flexibility index (Phi) is 4.13. The van der Waals surface area contributed by atoms with Gasteiger partial charge in [0.1, 0.15) is 5.82 Å². The molecule has 0 radical (unpaired) electrons. The van der Waals surface area contributed by atoms with Crippen LogP contribution in [0.15, 0.2) is 42.5 Å². The third kappa shape index (κ3) is 3.15. The molecule has 0 aliphatic carbocycles. The number of nitrogens with zero attached hydrogens (tertiary/aromatic N) is 4. The summed E-state index contributed by atoms with van der Waals surface area (Å²) in [5.41, 5.74) is 0.862. The predicted octanol–water partition coefficient (Wildman–Crippen LogP) is 4.10. The van der Waals surface area contributed by atoms with Crippen LogP contribution in [0.2, 0.25) is 0 Å². The lowest BCUT2D eigenvalue weighted by atomic mass is 10.1. The number of halogens is 3. The second kappa shape index (κ2) is 6.13. The van der Waals surface area contributed by atoms with Gasteiger partial charge in [-0.25, -0.2) is 4.98 Å². The number of para-hydroxylation sites is 2. The molecule has 0 aliphatic heterocycles. The van der Waals surface area contributed by atoms with Crippen LogP contribution in [-0.2, 0) is 19.8 Å². The van der Waals surface area contributed by atoms with E-state index in [1.54, 1.807) is 18.0 Å². The molecule has 3 aromatic rings. The van der Waals surface area contributed by atoms with Gasteiger partial charge in [-0.2, -0.15) is 18.4 Å². The second-order valence-corrected chi connectivity index (χ2v) is 5.77. The van der Waals surface area contributed by atoms with E-state index in [1.165, 1.54) is 12.1 Å². The summed E-state index contributed by atoms with van der Waals surface area (Å²) in [7, 11) is 3.57. The molecule has 0 bridgehead atoms. The van der Waals surface area contributed by atoms with Crippen molar-refractivity contribution in [1.82, 2.24) is 9.55 Å². The van der Waals surface area contributed by atoms with Crippen LogP contribution in [0.4, 0.5) is 18.9 Å². The minimum atomic E-state index is -4.57. The molecule has 0 N–H and O–H groups in total. The van der Waals surface area contributed by atoms with E-state index in [0.29, 0.717) is 12.2 Å². The molecular formula is C18H15F3N4. The highest BCUT2D eigenvalue weighted by Gasteiger charge is 2.34. The second-order valence-electron chi connectivity index (χ2n) is 5.77. The number of hydrogen-bond acceptors (Lipinski definition) is 3. The quantitative estimate of drug-likeness (QED) is 0.718. The molecule has 0 aliphatic rings. The van der Waals surface area contributed by atoms with Crippen molar-refractivity contribution in [2.75, 3.05) is 11.9 Å². The molecule has 1 heterocycles. The number of hydrogen-bond donors (Lipinski definition) is 0. The molecule has 4 nitrogen and oxygen atoms in total. The van der Waals surface area contributed by atoms with Gasteiger partial charge in [-0.05, 0) is 30.3 Å². The molecule has 0 amide bonds. The first kappa shape index (κ1) is 16.8. The van der Waals surface area contributed by atoms with E-state index in [9.17, 15) is 13.2 Å². The van der Waals surface area contributed by atoms with Gasteiger partial charge < -0.3 is 9.47 Å². The van der Waals surface area contributed by atoms with Gasteiger partial charge in [0.25, 0.3) is 0 Å². The van der Waals surface area contributed by atoms with E-state index in [4.69, 9.17) is 5.26 Å². The molecule has 3 rings (SSSR count).